The maximum Gasteiger partial charge on any atom is 0.326 e. The van der Waals surface area contributed by atoms with Crippen LogP contribution < -0.4 is 5.32 Å². The highest BCUT2D eigenvalue weighted by atomic mass is 16.5. The summed E-state index contributed by atoms with van der Waals surface area (Å²) in [6.07, 6.45) is 2.41. The van der Waals surface area contributed by atoms with Crippen molar-refractivity contribution in [2.45, 2.75) is 38.3 Å². The van der Waals surface area contributed by atoms with E-state index in [1.807, 2.05) is 6.92 Å². The van der Waals surface area contributed by atoms with E-state index in [2.05, 4.69) is 5.32 Å². The van der Waals surface area contributed by atoms with E-state index < -0.39 is 11.5 Å². The number of carboxylic acid groups (broad SMARTS) is 1. The van der Waals surface area contributed by atoms with Gasteiger partial charge in [-0.05, 0) is 32.6 Å². The molecular weight excluding hydrogens is 182 g/mol. The fourth-order valence-corrected chi connectivity index (χ4v) is 1.67. The minimum atomic E-state index is -0.962. The van der Waals surface area contributed by atoms with Gasteiger partial charge >= 0.3 is 5.97 Å². The van der Waals surface area contributed by atoms with Gasteiger partial charge in [0.2, 0.25) is 0 Å². The van der Waals surface area contributed by atoms with Crippen LogP contribution in [0.15, 0.2) is 0 Å². The number of carboxylic acids is 1. The highest BCUT2D eigenvalue weighted by Gasteiger charge is 2.38. The van der Waals surface area contributed by atoms with Crippen molar-refractivity contribution >= 4 is 5.97 Å². The number of ether oxygens (including phenoxy) is 1. The van der Waals surface area contributed by atoms with E-state index >= 15 is 0 Å². The summed E-state index contributed by atoms with van der Waals surface area (Å²) in [5.74, 6) is -0.211. The molecule has 2 atom stereocenters. The van der Waals surface area contributed by atoms with Crippen LogP contribution in [0.3, 0.4) is 0 Å². The third-order valence-electron chi connectivity index (χ3n) is 2.78. The zero-order chi connectivity index (χ0) is 10.8. The lowest BCUT2D eigenvalue weighted by molar-refractivity contribution is -0.146. The van der Waals surface area contributed by atoms with Crippen LogP contribution in [0.4, 0.5) is 0 Å². The zero-order valence-electron chi connectivity index (χ0n) is 9.04. The largest absolute Gasteiger partial charge is 0.480 e. The molecule has 14 heavy (non-hydrogen) atoms. The molecule has 1 fully saturated rings. The Balaban J connectivity index is 2.52. The average molecular weight is 201 g/mol. The molecule has 0 radical (unpaired) electrons. The second-order valence-corrected chi connectivity index (χ2v) is 4.34. The first-order chi connectivity index (χ1) is 6.49. The summed E-state index contributed by atoms with van der Waals surface area (Å²) >= 11 is 0. The van der Waals surface area contributed by atoms with Crippen LogP contribution in [-0.4, -0.2) is 36.4 Å². The predicted molar refractivity (Wildman–Crippen MR) is 53.2 cm³/mol. The Bertz CT molecular complexity index is 215. The van der Waals surface area contributed by atoms with Crippen LogP contribution in [0.2, 0.25) is 0 Å². The second kappa shape index (κ2) is 4.28. The zero-order valence-corrected chi connectivity index (χ0v) is 9.04. The SMILES string of the molecule is COCC(C)(NC(C)C1CC1)C(=O)O. The number of hydrogen-bond donors (Lipinski definition) is 2. The summed E-state index contributed by atoms with van der Waals surface area (Å²) in [7, 11) is 1.52. The quantitative estimate of drug-likeness (QED) is 0.669. The second-order valence-electron chi connectivity index (χ2n) is 4.34. The number of hydrogen-bond acceptors (Lipinski definition) is 3. The van der Waals surface area contributed by atoms with E-state index in [0.29, 0.717) is 5.92 Å². The molecule has 1 aliphatic carbocycles. The molecule has 0 aromatic heterocycles. The van der Waals surface area contributed by atoms with Crippen molar-refractivity contribution in [3.05, 3.63) is 0 Å². The van der Waals surface area contributed by atoms with Crippen LogP contribution in [-0.2, 0) is 9.53 Å². The molecule has 0 heterocycles. The van der Waals surface area contributed by atoms with Gasteiger partial charge in [0.25, 0.3) is 0 Å². The van der Waals surface area contributed by atoms with E-state index in [-0.39, 0.29) is 12.6 Å². The first-order valence-electron chi connectivity index (χ1n) is 4.99. The fraction of sp³-hybridized carbons (Fsp3) is 0.900. The molecule has 0 aromatic rings. The van der Waals surface area contributed by atoms with Crippen molar-refractivity contribution < 1.29 is 14.6 Å². The molecule has 82 valence electrons. The summed E-state index contributed by atoms with van der Waals surface area (Å²) in [5, 5.41) is 12.2. The van der Waals surface area contributed by atoms with Crippen LogP contribution >= 0.6 is 0 Å². The Morgan fingerprint density at radius 3 is 2.64 bits per heavy atom. The van der Waals surface area contributed by atoms with Crippen molar-refractivity contribution in [1.82, 2.24) is 5.32 Å². The van der Waals surface area contributed by atoms with Crippen molar-refractivity contribution in [3.8, 4) is 0 Å². The molecule has 0 aromatic carbocycles. The Kier molecular flexibility index (Phi) is 3.50. The molecule has 1 aliphatic rings. The Morgan fingerprint density at radius 2 is 2.29 bits per heavy atom. The Morgan fingerprint density at radius 1 is 1.71 bits per heavy atom. The van der Waals surface area contributed by atoms with Gasteiger partial charge in [-0.3, -0.25) is 10.1 Å². The van der Waals surface area contributed by atoms with Crippen molar-refractivity contribution in [2.75, 3.05) is 13.7 Å². The van der Waals surface area contributed by atoms with Gasteiger partial charge in [-0.2, -0.15) is 0 Å². The third-order valence-corrected chi connectivity index (χ3v) is 2.78. The summed E-state index contributed by atoms with van der Waals surface area (Å²) in [6.45, 7) is 3.89. The lowest BCUT2D eigenvalue weighted by Crippen LogP contribution is -2.56. The Hall–Kier alpha value is -0.610. The lowest BCUT2D eigenvalue weighted by atomic mass is 10.0. The third kappa shape index (κ3) is 2.69. The number of rotatable bonds is 6. The van der Waals surface area contributed by atoms with Gasteiger partial charge < -0.3 is 9.84 Å². The Labute approximate surface area is 84.6 Å². The first-order valence-corrected chi connectivity index (χ1v) is 4.99. The van der Waals surface area contributed by atoms with E-state index in [9.17, 15) is 4.79 Å². The molecule has 0 amide bonds. The fourth-order valence-electron chi connectivity index (χ4n) is 1.67. The topological polar surface area (TPSA) is 58.6 Å². The average Bonchev–Trinajstić information content (AvgIpc) is 2.85. The first kappa shape index (κ1) is 11.5. The van der Waals surface area contributed by atoms with E-state index in [1.54, 1.807) is 6.92 Å². The molecule has 2 N–H and O–H groups in total. The van der Waals surface area contributed by atoms with E-state index in [4.69, 9.17) is 9.84 Å². The molecule has 0 aliphatic heterocycles. The van der Waals surface area contributed by atoms with Crippen molar-refractivity contribution in [2.24, 2.45) is 5.92 Å². The molecular formula is C10H19NO3. The van der Waals surface area contributed by atoms with E-state index in [0.717, 1.165) is 0 Å². The molecule has 1 rings (SSSR count). The highest BCUT2D eigenvalue weighted by Crippen LogP contribution is 2.33. The summed E-state index contributed by atoms with van der Waals surface area (Å²) in [6, 6.07) is 0.256. The van der Waals surface area contributed by atoms with Gasteiger partial charge in [0.15, 0.2) is 0 Å². The van der Waals surface area contributed by atoms with Crippen LogP contribution in [0.1, 0.15) is 26.7 Å². The molecule has 2 unspecified atom stereocenters. The highest BCUT2D eigenvalue weighted by molar-refractivity contribution is 5.78. The maximum atomic E-state index is 11.0. The molecule has 4 heteroatoms. The maximum absolute atomic E-state index is 11.0. The van der Waals surface area contributed by atoms with Crippen molar-refractivity contribution in [1.29, 1.82) is 0 Å². The van der Waals surface area contributed by atoms with Crippen LogP contribution in [0, 0.1) is 5.92 Å². The molecule has 0 bridgehead atoms. The number of methoxy groups -OCH3 is 1. The van der Waals surface area contributed by atoms with Gasteiger partial charge in [0.05, 0.1) is 6.61 Å². The van der Waals surface area contributed by atoms with Gasteiger partial charge in [-0.15, -0.1) is 0 Å². The number of carbonyl (C=O) groups is 1. The predicted octanol–water partition coefficient (Wildman–Crippen LogP) is 0.864. The standard InChI is InChI=1S/C10H19NO3/c1-7(8-4-5-8)11-10(2,6-14-3)9(12)13/h7-8,11H,4-6H2,1-3H3,(H,12,13). The monoisotopic (exact) mass is 201 g/mol. The van der Waals surface area contributed by atoms with Gasteiger partial charge in [0.1, 0.15) is 5.54 Å². The molecule has 4 nitrogen and oxygen atoms in total. The molecule has 1 saturated carbocycles. The normalized spacial score (nSPS) is 22.8. The summed E-state index contributed by atoms with van der Waals surface area (Å²) < 4.78 is 4.93. The summed E-state index contributed by atoms with van der Waals surface area (Å²) in [4.78, 5) is 11.0. The van der Waals surface area contributed by atoms with Crippen LogP contribution in [0.5, 0.6) is 0 Å². The van der Waals surface area contributed by atoms with E-state index in [1.165, 1.54) is 20.0 Å². The molecule has 0 saturated heterocycles. The lowest BCUT2D eigenvalue weighted by Gasteiger charge is -2.29. The minimum absolute atomic E-state index is 0.194. The van der Waals surface area contributed by atoms with Gasteiger partial charge in [0, 0.05) is 13.2 Å². The van der Waals surface area contributed by atoms with Crippen molar-refractivity contribution in [3.63, 3.8) is 0 Å². The number of nitrogens with one attached hydrogen (secondary N) is 1. The summed E-state index contributed by atoms with van der Waals surface area (Å²) in [5.41, 5.74) is -0.962. The van der Waals surface area contributed by atoms with Gasteiger partial charge in [-0.25, -0.2) is 0 Å². The minimum Gasteiger partial charge on any atom is -0.480 e. The molecule has 0 spiro atoms. The van der Waals surface area contributed by atoms with Crippen LogP contribution in [0.25, 0.3) is 0 Å². The number of aliphatic carboxylic acids is 1. The van der Waals surface area contributed by atoms with Gasteiger partial charge in [-0.1, -0.05) is 0 Å². The smallest absolute Gasteiger partial charge is 0.326 e.